The van der Waals surface area contributed by atoms with E-state index < -0.39 is 0 Å². The van der Waals surface area contributed by atoms with E-state index in [2.05, 4.69) is 29.3 Å². The van der Waals surface area contributed by atoms with E-state index >= 15 is 0 Å². The van der Waals surface area contributed by atoms with E-state index in [1.165, 1.54) is 28.7 Å². The first-order chi connectivity index (χ1) is 16.6. The van der Waals surface area contributed by atoms with Crippen LogP contribution in [0.5, 0.6) is 23.0 Å². The van der Waals surface area contributed by atoms with Crippen LogP contribution in [0.4, 0.5) is 0 Å². The third-order valence-corrected chi connectivity index (χ3v) is 8.44. The first-order valence-electron chi connectivity index (χ1n) is 12.7. The summed E-state index contributed by atoms with van der Waals surface area (Å²) in [5.41, 5.74) is 5.34. The average Bonchev–Trinajstić information content (AvgIpc) is 2.87. The number of hydrogen-bond donors (Lipinski definition) is 2. The second-order valence-electron chi connectivity index (χ2n) is 10.0. The van der Waals surface area contributed by atoms with Gasteiger partial charge in [0.05, 0.1) is 21.3 Å². The van der Waals surface area contributed by atoms with Crippen molar-refractivity contribution in [3.63, 3.8) is 0 Å². The number of nitrogens with one attached hydrogen (secondary N) is 1. The standard InChI is InChI=1S/C28H38N2O4/c1-5-17-16-30-9-7-19-13-27(33-3)28(34-4)15-22(19)24(30)11-20(17)10-23-21-14-26(32-2)25(31)12-18(21)6-8-29-23/h12-15,17,20,23-24,29,31H,5-11,16H2,1-4H3/t17?,20-,23+,24-/m0/s1. The molecule has 0 aliphatic carbocycles. The fraction of sp³-hybridized carbons (Fsp3) is 0.571. The van der Waals surface area contributed by atoms with Crippen LogP contribution in [-0.4, -0.2) is 51.0 Å². The fourth-order valence-electron chi connectivity index (χ4n) is 6.59. The van der Waals surface area contributed by atoms with Gasteiger partial charge in [0.15, 0.2) is 23.0 Å². The normalized spacial score (nSPS) is 26.2. The van der Waals surface area contributed by atoms with Crippen molar-refractivity contribution in [2.75, 3.05) is 41.0 Å². The summed E-state index contributed by atoms with van der Waals surface area (Å²) in [6, 6.07) is 9.06. The number of fused-ring (bicyclic) bond motifs is 4. The predicted octanol–water partition coefficient (Wildman–Crippen LogP) is 4.64. The number of phenolic OH excluding ortho intramolecular Hbond substituents is 1. The number of nitrogens with zero attached hydrogens (tertiary/aromatic N) is 1. The Labute approximate surface area is 203 Å². The molecule has 184 valence electrons. The molecule has 3 aliphatic rings. The molecule has 0 amide bonds. The van der Waals surface area contributed by atoms with Crippen molar-refractivity contribution in [1.29, 1.82) is 0 Å². The van der Waals surface area contributed by atoms with Crippen LogP contribution in [0.25, 0.3) is 0 Å². The number of methoxy groups -OCH3 is 3. The van der Waals surface area contributed by atoms with Crippen molar-refractivity contribution in [3.05, 3.63) is 46.5 Å². The summed E-state index contributed by atoms with van der Waals surface area (Å²) in [6.45, 7) is 5.55. The van der Waals surface area contributed by atoms with E-state index in [1.54, 1.807) is 21.3 Å². The quantitative estimate of drug-likeness (QED) is 0.647. The van der Waals surface area contributed by atoms with Gasteiger partial charge in [-0.25, -0.2) is 0 Å². The molecule has 2 aromatic rings. The average molecular weight is 467 g/mol. The Balaban J connectivity index is 1.43. The molecule has 0 aromatic heterocycles. The van der Waals surface area contributed by atoms with Crippen molar-refractivity contribution in [2.24, 2.45) is 11.8 Å². The highest BCUT2D eigenvalue weighted by atomic mass is 16.5. The van der Waals surface area contributed by atoms with Crippen LogP contribution in [0.2, 0.25) is 0 Å². The minimum absolute atomic E-state index is 0.241. The third-order valence-electron chi connectivity index (χ3n) is 8.44. The summed E-state index contributed by atoms with van der Waals surface area (Å²) in [5, 5.41) is 14.1. The minimum atomic E-state index is 0.241. The van der Waals surface area contributed by atoms with E-state index in [0.29, 0.717) is 23.6 Å². The molecule has 34 heavy (non-hydrogen) atoms. The Hall–Kier alpha value is -2.44. The van der Waals surface area contributed by atoms with Gasteiger partial charge in [0.1, 0.15) is 0 Å². The largest absolute Gasteiger partial charge is 0.504 e. The Kier molecular flexibility index (Phi) is 6.63. The molecule has 1 unspecified atom stereocenters. The van der Waals surface area contributed by atoms with Crippen molar-refractivity contribution < 1.29 is 19.3 Å². The molecular weight excluding hydrogens is 428 g/mol. The molecule has 5 rings (SSSR count). The molecule has 0 radical (unpaired) electrons. The lowest BCUT2D eigenvalue weighted by Gasteiger charge is -2.48. The van der Waals surface area contributed by atoms with E-state index in [9.17, 15) is 5.11 Å². The molecule has 2 N–H and O–H groups in total. The Morgan fingerprint density at radius 3 is 2.35 bits per heavy atom. The highest BCUT2D eigenvalue weighted by molar-refractivity contribution is 5.50. The van der Waals surface area contributed by atoms with Crippen LogP contribution in [0.1, 0.15) is 60.5 Å². The second kappa shape index (κ2) is 9.67. The van der Waals surface area contributed by atoms with Crippen molar-refractivity contribution in [2.45, 2.75) is 51.1 Å². The van der Waals surface area contributed by atoms with Crippen LogP contribution < -0.4 is 19.5 Å². The summed E-state index contributed by atoms with van der Waals surface area (Å²) < 4.78 is 16.7. The Morgan fingerprint density at radius 1 is 0.912 bits per heavy atom. The van der Waals surface area contributed by atoms with E-state index in [4.69, 9.17) is 14.2 Å². The number of benzene rings is 2. The summed E-state index contributed by atoms with van der Waals surface area (Å²) in [5.74, 6) is 3.76. The maximum atomic E-state index is 10.3. The van der Waals surface area contributed by atoms with E-state index in [0.717, 1.165) is 56.8 Å². The summed E-state index contributed by atoms with van der Waals surface area (Å²) >= 11 is 0. The van der Waals surface area contributed by atoms with Crippen LogP contribution >= 0.6 is 0 Å². The van der Waals surface area contributed by atoms with E-state index in [1.807, 2.05) is 12.1 Å². The number of ether oxygens (including phenoxy) is 3. The zero-order valence-corrected chi connectivity index (χ0v) is 20.9. The smallest absolute Gasteiger partial charge is 0.161 e. The molecule has 1 fully saturated rings. The molecule has 0 bridgehead atoms. The first-order valence-corrected chi connectivity index (χ1v) is 12.7. The molecule has 6 heteroatoms. The van der Waals surface area contributed by atoms with Gasteiger partial charge in [-0.1, -0.05) is 13.3 Å². The Morgan fingerprint density at radius 2 is 1.62 bits per heavy atom. The number of piperidine rings is 1. The monoisotopic (exact) mass is 466 g/mol. The van der Waals surface area contributed by atoms with Gasteiger partial charge in [0.2, 0.25) is 0 Å². The van der Waals surface area contributed by atoms with Gasteiger partial charge in [0.25, 0.3) is 0 Å². The molecule has 3 aliphatic heterocycles. The molecule has 2 aromatic carbocycles. The summed E-state index contributed by atoms with van der Waals surface area (Å²) in [7, 11) is 5.06. The maximum absolute atomic E-state index is 10.3. The fourth-order valence-corrected chi connectivity index (χ4v) is 6.59. The van der Waals surface area contributed by atoms with Crippen LogP contribution in [0.3, 0.4) is 0 Å². The summed E-state index contributed by atoms with van der Waals surface area (Å²) in [4.78, 5) is 2.70. The van der Waals surface area contributed by atoms with Gasteiger partial charge in [-0.2, -0.15) is 0 Å². The number of rotatable bonds is 6. The SMILES string of the molecule is CCC1CN2CCc3cc(OC)c(OC)cc3[C@@H]2C[C@@H]1C[C@H]1NCCc2cc(O)c(OC)cc21. The zero-order chi connectivity index (χ0) is 23.8. The van der Waals surface area contributed by atoms with Gasteiger partial charge in [-0.15, -0.1) is 0 Å². The topological polar surface area (TPSA) is 63.2 Å². The van der Waals surface area contributed by atoms with E-state index in [-0.39, 0.29) is 11.8 Å². The van der Waals surface area contributed by atoms with Crippen molar-refractivity contribution in [1.82, 2.24) is 10.2 Å². The number of hydrogen-bond acceptors (Lipinski definition) is 6. The molecule has 4 atom stereocenters. The number of phenols is 1. The Bertz CT molecular complexity index is 1040. The van der Waals surface area contributed by atoms with Crippen molar-refractivity contribution in [3.8, 4) is 23.0 Å². The second-order valence-corrected chi connectivity index (χ2v) is 10.0. The molecule has 0 spiro atoms. The van der Waals surface area contributed by atoms with Gasteiger partial charge < -0.3 is 24.6 Å². The van der Waals surface area contributed by atoms with Crippen LogP contribution in [0.15, 0.2) is 24.3 Å². The first kappa shape index (κ1) is 23.3. The molecule has 6 nitrogen and oxygen atoms in total. The highest BCUT2D eigenvalue weighted by Crippen LogP contribution is 2.47. The zero-order valence-electron chi connectivity index (χ0n) is 20.9. The molecule has 1 saturated heterocycles. The molecule has 0 saturated carbocycles. The van der Waals surface area contributed by atoms with Crippen LogP contribution in [0, 0.1) is 11.8 Å². The lowest BCUT2D eigenvalue weighted by Crippen LogP contribution is -2.46. The van der Waals surface area contributed by atoms with Gasteiger partial charge >= 0.3 is 0 Å². The predicted molar refractivity (Wildman–Crippen MR) is 133 cm³/mol. The van der Waals surface area contributed by atoms with Gasteiger partial charge in [-0.3, -0.25) is 4.90 Å². The van der Waals surface area contributed by atoms with Crippen LogP contribution in [-0.2, 0) is 12.8 Å². The third kappa shape index (κ3) is 4.11. The highest BCUT2D eigenvalue weighted by Gasteiger charge is 2.40. The van der Waals surface area contributed by atoms with Crippen molar-refractivity contribution >= 4 is 0 Å². The maximum Gasteiger partial charge on any atom is 0.161 e. The van der Waals surface area contributed by atoms with Gasteiger partial charge in [0, 0.05) is 25.2 Å². The lowest BCUT2D eigenvalue weighted by molar-refractivity contribution is 0.0434. The minimum Gasteiger partial charge on any atom is -0.504 e. The van der Waals surface area contributed by atoms with Gasteiger partial charge in [-0.05, 0) is 90.6 Å². The summed E-state index contributed by atoms with van der Waals surface area (Å²) in [6.07, 6.45) is 5.46. The number of aromatic hydroxyl groups is 1. The lowest BCUT2D eigenvalue weighted by atomic mass is 9.72. The molecular formula is C28H38N2O4. The molecule has 3 heterocycles.